The molecule has 0 spiro atoms. The van der Waals surface area contributed by atoms with E-state index in [-0.39, 0.29) is 18.7 Å². The zero-order valence-electron chi connectivity index (χ0n) is 22.3. The third kappa shape index (κ3) is 6.86. The molecular formula is C29H34IN3O5. The Morgan fingerprint density at radius 2 is 1.71 bits per heavy atom. The predicted octanol–water partition coefficient (Wildman–Crippen LogP) is 7.09. The van der Waals surface area contributed by atoms with E-state index in [1.807, 2.05) is 75.4 Å². The smallest absolute Gasteiger partial charge is 0.410 e. The van der Waals surface area contributed by atoms with Crippen LogP contribution in [0.1, 0.15) is 63.5 Å². The zero-order chi connectivity index (χ0) is 27.3. The van der Waals surface area contributed by atoms with Crippen molar-refractivity contribution >= 4 is 34.7 Å². The summed E-state index contributed by atoms with van der Waals surface area (Å²) in [4.78, 5) is 27.7. The van der Waals surface area contributed by atoms with Crippen LogP contribution in [0.5, 0.6) is 11.5 Å². The first-order valence-corrected chi connectivity index (χ1v) is 14.0. The number of likely N-dealkylation sites (tertiary alicyclic amines) is 1. The van der Waals surface area contributed by atoms with Crippen LogP contribution in [0.4, 0.5) is 4.79 Å². The van der Waals surface area contributed by atoms with Gasteiger partial charge >= 0.3 is 12.1 Å². The number of hydrogen-bond donors (Lipinski definition) is 0. The van der Waals surface area contributed by atoms with Crippen molar-refractivity contribution in [1.29, 1.82) is 0 Å². The van der Waals surface area contributed by atoms with Crippen LogP contribution in [-0.2, 0) is 9.47 Å². The van der Waals surface area contributed by atoms with Gasteiger partial charge in [-0.1, -0.05) is 18.2 Å². The van der Waals surface area contributed by atoms with Gasteiger partial charge in [-0.15, -0.1) is 0 Å². The molecule has 9 heteroatoms. The molecule has 1 fully saturated rings. The monoisotopic (exact) mass is 631 g/mol. The van der Waals surface area contributed by atoms with Crippen LogP contribution in [0.25, 0.3) is 11.3 Å². The normalized spacial score (nSPS) is 16.0. The Balaban J connectivity index is 1.65. The summed E-state index contributed by atoms with van der Waals surface area (Å²) in [6.07, 6.45) is 2.20. The van der Waals surface area contributed by atoms with Gasteiger partial charge in [-0.05, 0) is 106 Å². The molecule has 8 nitrogen and oxygen atoms in total. The van der Waals surface area contributed by atoms with Crippen molar-refractivity contribution in [3.05, 3.63) is 63.9 Å². The maximum Gasteiger partial charge on any atom is 0.410 e. The number of esters is 1. The first-order chi connectivity index (χ1) is 18.2. The lowest BCUT2D eigenvalue weighted by Crippen LogP contribution is -2.40. The van der Waals surface area contributed by atoms with Crippen molar-refractivity contribution in [1.82, 2.24) is 14.7 Å². The molecule has 4 rings (SSSR count). The summed E-state index contributed by atoms with van der Waals surface area (Å²) in [7, 11) is 0. The molecule has 2 aromatic carbocycles. The Hall–Kier alpha value is -3.08. The number of rotatable bonds is 6. The minimum absolute atomic E-state index is 0.188. The Bertz CT molecular complexity index is 1250. The quantitative estimate of drug-likeness (QED) is 0.214. The van der Waals surface area contributed by atoms with Gasteiger partial charge in [0.25, 0.3) is 0 Å². The largest absolute Gasteiger partial charge is 0.461 e. The Labute approximate surface area is 237 Å². The van der Waals surface area contributed by atoms with Crippen molar-refractivity contribution in [2.24, 2.45) is 0 Å². The van der Waals surface area contributed by atoms with E-state index in [1.165, 1.54) is 0 Å². The highest BCUT2D eigenvalue weighted by Crippen LogP contribution is 2.33. The third-order valence-electron chi connectivity index (χ3n) is 6.07. The van der Waals surface area contributed by atoms with E-state index in [2.05, 4.69) is 22.6 Å². The SMILES string of the molecule is CCOC(=O)c1c(I)c(-c2ccc(Oc3ccccc3)cc2)nn1C1CCCCN(C(=O)OC(C)(C)C)C1. The molecule has 1 unspecified atom stereocenters. The summed E-state index contributed by atoms with van der Waals surface area (Å²) in [6.45, 7) is 8.63. The van der Waals surface area contributed by atoms with Gasteiger partial charge in [-0.2, -0.15) is 5.10 Å². The van der Waals surface area contributed by atoms with E-state index in [1.54, 1.807) is 16.5 Å². The number of carbonyl (C=O) groups excluding carboxylic acids is 2. The number of aromatic nitrogens is 2. The van der Waals surface area contributed by atoms with Crippen LogP contribution in [0.3, 0.4) is 0 Å². The van der Waals surface area contributed by atoms with Crippen molar-refractivity contribution < 1.29 is 23.8 Å². The highest BCUT2D eigenvalue weighted by atomic mass is 127. The van der Waals surface area contributed by atoms with E-state index >= 15 is 0 Å². The minimum Gasteiger partial charge on any atom is -0.461 e. The summed E-state index contributed by atoms with van der Waals surface area (Å²) in [5.41, 5.74) is 1.37. The van der Waals surface area contributed by atoms with Crippen LogP contribution in [0.2, 0.25) is 0 Å². The lowest BCUT2D eigenvalue weighted by Gasteiger charge is -2.28. The molecule has 1 aliphatic rings. The fraction of sp³-hybridized carbons (Fsp3) is 0.414. The first kappa shape index (κ1) is 27.9. The number of para-hydroxylation sites is 1. The highest BCUT2D eigenvalue weighted by molar-refractivity contribution is 14.1. The van der Waals surface area contributed by atoms with Crippen molar-refractivity contribution in [3.8, 4) is 22.8 Å². The van der Waals surface area contributed by atoms with Crippen molar-refractivity contribution in [3.63, 3.8) is 0 Å². The lowest BCUT2D eigenvalue weighted by atomic mass is 10.1. The first-order valence-electron chi connectivity index (χ1n) is 12.9. The second kappa shape index (κ2) is 12.2. The fourth-order valence-electron chi connectivity index (χ4n) is 4.36. The van der Waals surface area contributed by atoms with Gasteiger partial charge in [-0.3, -0.25) is 4.68 Å². The van der Waals surface area contributed by atoms with Crippen molar-refractivity contribution in [2.45, 2.75) is 58.6 Å². The predicted molar refractivity (Wildman–Crippen MR) is 154 cm³/mol. The zero-order valence-corrected chi connectivity index (χ0v) is 24.4. The molecule has 0 aliphatic carbocycles. The maximum absolute atomic E-state index is 13.1. The molecule has 0 saturated carbocycles. The maximum atomic E-state index is 13.1. The number of ether oxygens (including phenoxy) is 3. The molecule has 3 aromatic rings. The molecule has 0 N–H and O–H groups in total. The molecule has 1 aromatic heterocycles. The summed E-state index contributed by atoms with van der Waals surface area (Å²) < 4.78 is 19.4. The molecule has 1 aliphatic heterocycles. The highest BCUT2D eigenvalue weighted by Gasteiger charge is 2.32. The van der Waals surface area contributed by atoms with Gasteiger partial charge < -0.3 is 19.1 Å². The van der Waals surface area contributed by atoms with Gasteiger partial charge in [0, 0.05) is 18.7 Å². The molecule has 1 amide bonds. The van der Waals surface area contributed by atoms with Crippen molar-refractivity contribution in [2.75, 3.05) is 19.7 Å². The molecule has 1 atom stereocenters. The van der Waals surface area contributed by atoms with Crippen LogP contribution < -0.4 is 4.74 Å². The standard InChI is InChI=1S/C29H34IN3O5/c1-5-36-27(34)26-24(30)25(20-14-16-23(17-15-20)37-22-12-7-6-8-13-22)31-33(26)21-11-9-10-18-32(19-21)28(35)38-29(2,3)4/h6-8,12-17,21H,5,9-11,18-19H2,1-4H3. The van der Waals surface area contributed by atoms with Crippen LogP contribution in [0, 0.1) is 3.57 Å². The second-order valence-corrected chi connectivity index (χ2v) is 11.3. The number of nitrogens with zero attached hydrogens (tertiary/aromatic N) is 3. The van der Waals surface area contributed by atoms with Gasteiger partial charge in [0.1, 0.15) is 22.8 Å². The summed E-state index contributed by atoms with van der Waals surface area (Å²) in [5.74, 6) is 1.04. The third-order valence-corrected chi connectivity index (χ3v) is 7.09. The van der Waals surface area contributed by atoms with E-state index in [4.69, 9.17) is 19.3 Å². The van der Waals surface area contributed by atoms with Crippen LogP contribution in [0.15, 0.2) is 54.6 Å². The van der Waals surface area contributed by atoms with Crippen LogP contribution >= 0.6 is 22.6 Å². The molecular weight excluding hydrogens is 597 g/mol. The number of amides is 1. The summed E-state index contributed by atoms with van der Waals surface area (Å²) in [6, 6.07) is 17.0. The topological polar surface area (TPSA) is 82.9 Å². The number of benzene rings is 2. The molecule has 2 heterocycles. The summed E-state index contributed by atoms with van der Waals surface area (Å²) in [5, 5.41) is 4.92. The Morgan fingerprint density at radius 3 is 2.37 bits per heavy atom. The van der Waals surface area contributed by atoms with E-state index in [0.29, 0.717) is 33.8 Å². The van der Waals surface area contributed by atoms with Gasteiger partial charge in [0.05, 0.1) is 16.2 Å². The van der Waals surface area contributed by atoms with Gasteiger partial charge in [-0.25, -0.2) is 9.59 Å². The lowest BCUT2D eigenvalue weighted by molar-refractivity contribution is 0.0234. The number of carbonyl (C=O) groups is 2. The number of hydrogen-bond acceptors (Lipinski definition) is 6. The average molecular weight is 632 g/mol. The molecule has 202 valence electrons. The molecule has 0 radical (unpaired) electrons. The Kier molecular flexibility index (Phi) is 8.96. The number of halogens is 1. The van der Waals surface area contributed by atoms with E-state index in [9.17, 15) is 9.59 Å². The fourth-order valence-corrected chi connectivity index (χ4v) is 5.25. The molecule has 1 saturated heterocycles. The van der Waals surface area contributed by atoms with Gasteiger partial charge in [0.2, 0.25) is 0 Å². The minimum atomic E-state index is -0.584. The van der Waals surface area contributed by atoms with E-state index in [0.717, 1.165) is 30.6 Å². The Morgan fingerprint density at radius 1 is 1.03 bits per heavy atom. The van der Waals surface area contributed by atoms with E-state index < -0.39 is 11.6 Å². The molecule has 0 bridgehead atoms. The van der Waals surface area contributed by atoms with Crippen LogP contribution in [-0.4, -0.2) is 52.0 Å². The summed E-state index contributed by atoms with van der Waals surface area (Å²) >= 11 is 2.17. The van der Waals surface area contributed by atoms with Gasteiger partial charge in [0.15, 0.2) is 5.69 Å². The average Bonchev–Trinajstić information content (AvgIpc) is 3.04. The molecule has 38 heavy (non-hydrogen) atoms. The second-order valence-electron chi connectivity index (χ2n) is 10.2.